The molecule has 0 unspecified atom stereocenters. The van der Waals surface area contributed by atoms with E-state index in [9.17, 15) is 14.9 Å². The molecule has 0 saturated heterocycles. The Morgan fingerprint density at radius 3 is 2.78 bits per heavy atom. The molecule has 0 saturated carbocycles. The quantitative estimate of drug-likeness (QED) is 0.515. The highest BCUT2D eigenvalue weighted by Crippen LogP contribution is 2.19. The van der Waals surface area contributed by atoms with E-state index < -0.39 is 10.8 Å². The van der Waals surface area contributed by atoms with E-state index in [1.54, 1.807) is 23.7 Å². The number of aryl methyl sites for hydroxylation is 2. The van der Waals surface area contributed by atoms with E-state index in [1.165, 1.54) is 10.9 Å². The van der Waals surface area contributed by atoms with Gasteiger partial charge in [0.15, 0.2) is 5.82 Å². The molecule has 2 heterocycles. The lowest BCUT2D eigenvalue weighted by Gasteiger charge is -2.05. The number of benzene rings is 1. The molecule has 27 heavy (non-hydrogen) atoms. The van der Waals surface area contributed by atoms with Crippen molar-refractivity contribution >= 4 is 29.0 Å². The van der Waals surface area contributed by atoms with Crippen LogP contribution >= 0.6 is 11.6 Å². The predicted octanol–water partition coefficient (Wildman–Crippen LogP) is 3.27. The van der Waals surface area contributed by atoms with E-state index in [-0.39, 0.29) is 11.4 Å². The molecular weight excluding hydrogens is 372 g/mol. The smallest absolute Gasteiger partial charge is 0.303 e. The van der Waals surface area contributed by atoms with Gasteiger partial charge in [-0.1, -0.05) is 23.7 Å². The summed E-state index contributed by atoms with van der Waals surface area (Å²) in [7, 11) is 0. The topological polar surface area (TPSA) is 108 Å². The van der Waals surface area contributed by atoms with E-state index in [1.807, 2.05) is 25.1 Å². The minimum atomic E-state index is -0.679. The number of aromatic nitrogens is 4. The SMILES string of the molecule is CCn1cc([N+](=O)[O-])c(C(=O)Nc2cc(C)n(Cc3cccc(Cl)c3)n2)n1. The first-order valence-corrected chi connectivity index (χ1v) is 8.57. The van der Waals surface area contributed by atoms with Crippen molar-refractivity contribution in [2.75, 3.05) is 5.32 Å². The predicted molar refractivity (Wildman–Crippen MR) is 100 cm³/mol. The first-order valence-electron chi connectivity index (χ1n) is 8.19. The number of hydrogen-bond donors (Lipinski definition) is 1. The fourth-order valence-electron chi connectivity index (χ4n) is 2.58. The summed E-state index contributed by atoms with van der Waals surface area (Å²) in [5, 5.41) is 22.6. The van der Waals surface area contributed by atoms with Gasteiger partial charge in [-0.3, -0.25) is 24.3 Å². The van der Waals surface area contributed by atoms with E-state index in [0.29, 0.717) is 23.9 Å². The summed E-state index contributed by atoms with van der Waals surface area (Å²) >= 11 is 6.00. The van der Waals surface area contributed by atoms with Gasteiger partial charge in [0.05, 0.1) is 11.5 Å². The maximum absolute atomic E-state index is 12.4. The maximum atomic E-state index is 12.4. The molecule has 2 aromatic heterocycles. The van der Waals surface area contributed by atoms with Crippen molar-refractivity contribution in [1.29, 1.82) is 0 Å². The Hall–Kier alpha value is -3.20. The Bertz CT molecular complexity index is 1010. The van der Waals surface area contributed by atoms with Crippen LogP contribution < -0.4 is 5.32 Å². The average molecular weight is 389 g/mol. The summed E-state index contributed by atoms with van der Waals surface area (Å²) in [5.74, 6) is -0.388. The lowest BCUT2D eigenvalue weighted by Crippen LogP contribution is -2.15. The van der Waals surface area contributed by atoms with E-state index in [4.69, 9.17) is 11.6 Å². The molecule has 0 atom stereocenters. The Labute approximate surface area is 159 Å². The molecule has 3 rings (SSSR count). The van der Waals surface area contributed by atoms with Crippen molar-refractivity contribution in [3.8, 4) is 0 Å². The van der Waals surface area contributed by atoms with Crippen LogP contribution in [0.25, 0.3) is 0 Å². The normalized spacial score (nSPS) is 10.8. The summed E-state index contributed by atoms with van der Waals surface area (Å²) in [6.07, 6.45) is 1.23. The highest BCUT2D eigenvalue weighted by Gasteiger charge is 2.26. The molecule has 0 bridgehead atoms. The van der Waals surface area contributed by atoms with Crippen molar-refractivity contribution < 1.29 is 9.72 Å². The number of carbonyl (C=O) groups is 1. The van der Waals surface area contributed by atoms with Crippen LogP contribution in [0.1, 0.15) is 28.7 Å². The van der Waals surface area contributed by atoms with E-state index in [2.05, 4.69) is 15.5 Å². The first-order chi connectivity index (χ1) is 12.9. The van der Waals surface area contributed by atoms with E-state index in [0.717, 1.165) is 11.3 Å². The second-order valence-corrected chi connectivity index (χ2v) is 6.32. The number of rotatable bonds is 6. The van der Waals surface area contributed by atoms with Gasteiger partial charge in [0, 0.05) is 23.3 Å². The van der Waals surface area contributed by atoms with Crippen molar-refractivity contribution in [2.24, 2.45) is 0 Å². The van der Waals surface area contributed by atoms with Gasteiger partial charge in [-0.25, -0.2) is 0 Å². The molecule has 0 fully saturated rings. The van der Waals surface area contributed by atoms with Crippen LogP contribution in [0, 0.1) is 17.0 Å². The van der Waals surface area contributed by atoms with Gasteiger partial charge in [0.2, 0.25) is 5.69 Å². The van der Waals surface area contributed by atoms with Gasteiger partial charge in [0.25, 0.3) is 5.91 Å². The fraction of sp³-hybridized carbons (Fsp3) is 0.235. The summed E-state index contributed by atoms with van der Waals surface area (Å²) < 4.78 is 3.05. The summed E-state index contributed by atoms with van der Waals surface area (Å²) in [6.45, 7) is 4.52. The Morgan fingerprint density at radius 2 is 2.11 bits per heavy atom. The monoisotopic (exact) mass is 388 g/mol. The number of nitrogens with one attached hydrogen (secondary N) is 1. The number of halogens is 1. The zero-order valence-electron chi connectivity index (χ0n) is 14.7. The second-order valence-electron chi connectivity index (χ2n) is 5.89. The van der Waals surface area contributed by atoms with Gasteiger partial charge in [-0.2, -0.15) is 10.2 Å². The third kappa shape index (κ3) is 4.14. The molecule has 0 aliphatic rings. The van der Waals surface area contributed by atoms with Crippen molar-refractivity contribution in [3.63, 3.8) is 0 Å². The van der Waals surface area contributed by atoms with Crippen LogP contribution in [0.5, 0.6) is 0 Å². The minimum Gasteiger partial charge on any atom is -0.303 e. The van der Waals surface area contributed by atoms with Crippen molar-refractivity contribution in [1.82, 2.24) is 19.6 Å². The second kappa shape index (κ2) is 7.58. The number of hydrogen-bond acceptors (Lipinski definition) is 5. The molecule has 1 N–H and O–H groups in total. The summed E-state index contributed by atoms with van der Waals surface area (Å²) in [6, 6.07) is 9.08. The zero-order chi connectivity index (χ0) is 19.6. The Morgan fingerprint density at radius 1 is 1.33 bits per heavy atom. The molecule has 10 heteroatoms. The molecule has 0 aliphatic carbocycles. The number of nitrogens with zero attached hydrogens (tertiary/aromatic N) is 5. The zero-order valence-corrected chi connectivity index (χ0v) is 15.5. The number of anilines is 1. The van der Waals surface area contributed by atoms with Gasteiger partial charge in [0.1, 0.15) is 6.20 Å². The van der Waals surface area contributed by atoms with Crippen molar-refractivity contribution in [2.45, 2.75) is 26.9 Å². The fourth-order valence-corrected chi connectivity index (χ4v) is 2.80. The Balaban J connectivity index is 1.80. The van der Waals surface area contributed by atoms with Crippen LogP contribution in [-0.4, -0.2) is 30.4 Å². The van der Waals surface area contributed by atoms with Gasteiger partial charge in [-0.15, -0.1) is 0 Å². The van der Waals surface area contributed by atoms with Crippen molar-refractivity contribution in [3.05, 3.63) is 68.6 Å². The maximum Gasteiger partial charge on any atom is 0.320 e. The first kappa shape index (κ1) is 18.6. The molecule has 9 nitrogen and oxygen atoms in total. The highest BCUT2D eigenvalue weighted by atomic mass is 35.5. The number of amides is 1. The third-order valence-electron chi connectivity index (χ3n) is 3.92. The minimum absolute atomic E-state index is 0.246. The Kier molecular flexibility index (Phi) is 5.22. The molecule has 140 valence electrons. The van der Waals surface area contributed by atoms with Gasteiger partial charge in [-0.05, 0) is 31.5 Å². The van der Waals surface area contributed by atoms with Crippen LogP contribution in [0.4, 0.5) is 11.5 Å². The molecule has 1 aromatic carbocycles. The van der Waals surface area contributed by atoms with Crippen LogP contribution in [-0.2, 0) is 13.1 Å². The van der Waals surface area contributed by atoms with E-state index >= 15 is 0 Å². The molecule has 0 spiro atoms. The lowest BCUT2D eigenvalue weighted by atomic mass is 10.2. The number of carbonyl (C=O) groups excluding carboxylic acids is 1. The summed E-state index contributed by atoms with van der Waals surface area (Å²) in [4.78, 5) is 22.9. The van der Waals surface area contributed by atoms with Gasteiger partial charge < -0.3 is 5.32 Å². The molecular formula is C17H17ClN6O3. The number of nitro groups is 1. The van der Waals surface area contributed by atoms with Crippen LogP contribution in [0.3, 0.4) is 0 Å². The highest BCUT2D eigenvalue weighted by molar-refractivity contribution is 6.30. The largest absolute Gasteiger partial charge is 0.320 e. The molecule has 0 radical (unpaired) electrons. The standard InChI is InChI=1S/C17H17ClN6O3/c1-3-22-10-14(24(26)27)16(21-22)17(25)19-15-7-11(2)23(20-15)9-12-5-4-6-13(18)8-12/h4-8,10H,3,9H2,1-2H3,(H,19,20,25). The lowest BCUT2D eigenvalue weighted by molar-refractivity contribution is -0.385. The van der Waals surface area contributed by atoms with Crippen LogP contribution in [0.2, 0.25) is 5.02 Å². The van der Waals surface area contributed by atoms with Crippen LogP contribution in [0.15, 0.2) is 36.5 Å². The average Bonchev–Trinajstić information content (AvgIpc) is 3.19. The van der Waals surface area contributed by atoms with Gasteiger partial charge >= 0.3 is 5.69 Å². The molecule has 0 aliphatic heterocycles. The third-order valence-corrected chi connectivity index (χ3v) is 4.16. The molecule has 3 aromatic rings. The summed E-state index contributed by atoms with van der Waals surface area (Å²) in [5.41, 5.74) is 1.19. The molecule has 1 amide bonds.